The Kier molecular flexibility index (Phi) is 6.16. The van der Waals surface area contributed by atoms with Gasteiger partial charge in [-0.3, -0.25) is 0 Å². The highest BCUT2D eigenvalue weighted by Gasteiger charge is 2.41. The molecule has 5 rings (SSSR count). The van der Waals surface area contributed by atoms with Crippen molar-refractivity contribution < 1.29 is 0 Å². The highest BCUT2D eigenvalue weighted by molar-refractivity contribution is 5.86. The number of benzene rings is 4. The lowest BCUT2D eigenvalue weighted by atomic mass is 9.73. The molecule has 174 valence electrons. The summed E-state index contributed by atoms with van der Waals surface area (Å²) in [6, 6.07) is 38.0. The van der Waals surface area contributed by atoms with Gasteiger partial charge in [0.15, 0.2) is 0 Å². The fourth-order valence-electron chi connectivity index (χ4n) is 5.60. The minimum atomic E-state index is -0.136. The molecule has 0 unspecified atom stereocenters. The number of fused-ring (bicyclic) bond motifs is 3. The average molecular weight is 466 g/mol. The van der Waals surface area contributed by atoms with Crippen LogP contribution in [-0.4, -0.2) is 0 Å². The lowest BCUT2D eigenvalue weighted by Gasteiger charge is -2.32. The summed E-state index contributed by atoms with van der Waals surface area (Å²) < 4.78 is 0. The van der Waals surface area contributed by atoms with Crippen LogP contribution in [0.2, 0.25) is 0 Å². The van der Waals surface area contributed by atoms with Crippen molar-refractivity contribution in [2.24, 2.45) is 0 Å². The Morgan fingerprint density at radius 3 is 1.75 bits per heavy atom. The zero-order chi connectivity index (χ0) is 25.1. The maximum Gasteiger partial charge on any atom is 0.130 e. The summed E-state index contributed by atoms with van der Waals surface area (Å²) >= 11 is 0. The zero-order valence-electron chi connectivity index (χ0n) is 20.6. The first-order valence-corrected chi connectivity index (χ1v) is 12.4. The van der Waals surface area contributed by atoms with Gasteiger partial charge in [0.05, 0.1) is 0 Å². The predicted molar refractivity (Wildman–Crippen MR) is 147 cm³/mol. The van der Waals surface area contributed by atoms with Crippen LogP contribution in [0.25, 0.3) is 17.2 Å². The Labute approximate surface area is 213 Å². The third-order valence-electron chi connectivity index (χ3n) is 7.41. The normalized spacial score (nSPS) is 12.6. The maximum absolute atomic E-state index is 9.24. The minimum absolute atomic E-state index is 0.118. The SMILES string of the molecule is CCC1(CC)c2cc(C=C(C#N)C#N)ccc2-c2ccc(N(c3ccccc3)c3ccccc3)cc21. The Balaban J connectivity index is 1.69. The molecule has 36 heavy (non-hydrogen) atoms. The summed E-state index contributed by atoms with van der Waals surface area (Å²) in [5, 5.41) is 18.5. The van der Waals surface area contributed by atoms with Crippen LogP contribution in [0, 0.1) is 22.7 Å². The van der Waals surface area contributed by atoms with Crippen LogP contribution in [0.15, 0.2) is 103 Å². The maximum atomic E-state index is 9.24. The highest BCUT2D eigenvalue weighted by atomic mass is 15.1. The van der Waals surface area contributed by atoms with E-state index in [1.807, 2.05) is 30.3 Å². The summed E-state index contributed by atoms with van der Waals surface area (Å²) in [6.45, 7) is 4.50. The lowest BCUT2D eigenvalue weighted by Crippen LogP contribution is -2.23. The predicted octanol–water partition coefficient (Wildman–Crippen LogP) is 8.67. The van der Waals surface area contributed by atoms with Gasteiger partial charge in [0, 0.05) is 22.5 Å². The van der Waals surface area contributed by atoms with Gasteiger partial charge in [-0.05, 0) is 83.1 Å². The number of hydrogen-bond acceptors (Lipinski definition) is 3. The summed E-state index contributed by atoms with van der Waals surface area (Å²) in [7, 11) is 0. The van der Waals surface area contributed by atoms with Crippen molar-refractivity contribution in [3.05, 3.63) is 119 Å². The lowest BCUT2D eigenvalue weighted by molar-refractivity contribution is 0.490. The standard InChI is InChI=1S/C33H27N3/c1-3-33(4-2)31-20-24(19-25(22-34)23-35)15-17-29(31)30-18-16-28(21-32(30)33)36(26-11-7-5-8-12-26)27-13-9-6-10-14-27/h5-21H,3-4H2,1-2H3. The number of hydrogen-bond donors (Lipinski definition) is 0. The fraction of sp³-hybridized carbons (Fsp3) is 0.152. The summed E-state index contributed by atoms with van der Waals surface area (Å²) in [4.78, 5) is 2.31. The van der Waals surface area contributed by atoms with Gasteiger partial charge in [0.2, 0.25) is 0 Å². The first-order valence-electron chi connectivity index (χ1n) is 12.4. The molecule has 1 aliphatic carbocycles. The van der Waals surface area contributed by atoms with E-state index in [0.717, 1.165) is 35.5 Å². The molecule has 0 atom stereocenters. The van der Waals surface area contributed by atoms with Crippen LogP contribution >= 0.6 is 0 Å². The Morgan fingerprint density at radius 2 is 1.22 bits per heavy atom. The molecule has 4 aromatic rings. The van der Waals surface area contributed by atoms with Crippen molar-refractivity contribution in [1.29, 1.82) is 10.5 Å². The fourth-order valence-corrected chi connectivity index (χ4v) is 5.60. The molecule has 0 N–H and O–H groups in total. The van der Waals surface area contributed by atoms with E-state index in [0.29, 0.717) is 0 Å². The molecule has 0 heterocycles. The average Bonchev–Trinajstić information content (AvgIpc) is 3.21. The van der Waals surface area contributed by atoms with Crippen LogP contribution in [0.5, 0.6) is 0 Å². The largest absolute Gasteiger partial charge is 0.310 e. The van der Waals surface area contributed by atoms with Crippen LogP contribution in [0.4, 0.5) is 17.1 Å². The van der Waals surface area contributed by atoms with Gasteiger partial charge in [0.1, 0.15) is 17.7 Å². The molecular formula is C33H27N3. The second-order valence-electron chi connectivity index (χ2n) is 9.11. The molecule has 0 spiro atoms. The van der Waals surface area contributed by atoms with E-state index in [2.05, 4.69) is 97.6 Å². The van der Waals surface area contributed by atoms with Crippen LogP contribution in [0.1, 0.15) is 43.4 Å². The minimum Gasteiger partial charge on any atom is -0.310 e. The molecular weight excluding hydrogens is 438 g/mol. The number of rotatable bonds is 6. The number of para-hydroxylation sites is 2. The van der Waals surface area contributed by atoms with Gasteiger partial charge in [-0.1, -0.05) is 74.5 Å². The van der Waals surface area contributed by atoms with E-state index >= 15 is 0 Å². The van der Waals surface area contributed by atoms with Gasteiger partial charge >= 0.3 is 0 Å². The van der Waals surface area contributed by atoms with Crippen molar-refractivity contribution in [2.45, 2.75) is 32.1 Å². The molecule has 0 amide bonds. The van der Waals surface area contributed by atoms with Crippen molar-refractivity contribution >= 4 is 23.1 Å². The molecule has 0 fully saturated rings. The van der Waals surface area contributed by atoms with Crippen LogP contribution in [0.3, 0.4) is 0 Å². The van der Waals surface area contributed by atoms with Gasteiger partial charge in [0.25, 0.3) is 0 Å². The van der Waals surface area contributed by atoms with Gasteiger partial charge in [-0.2, -0.15) is 10.5 Å². The molecule has 0 saturated heterocycles. The second kappa shape index (κ2) is 9.57. The van der Waals surface area contributed by atoms with Crippen molar-refractivity contribution in [1.82, 2.24) is 0 Å². The van der Waals surface area contributed by atoms with E-state index in [9.17, 15) is 10.5 Å². The first-order chi connectivity index (χ1) is 17.6. The first kappa shape index (κ1) is 23.2. The number of nitrogens with zero attached hydrogens (tertiary/aromatic N) is 3. The molecule has 0 radical (unpaired) electrons. The van der Waals surface area contributed by atoms with Crippen molar-refractivity contribution in [3.8, 4) is 23.3 Å². The molecule has 0 bridgehead atoms. The van der Waals surface area contributed by atoms with Gasteiger partial charge < -0.3 is 4.90 Å². The summed E-state index contributed by atoms with van der Waals surface area (Å²) in [5.74, 6) is 0. The summed E-state index contributed by atoms with van der Waals surface area (Å²) in [6.07, 6.45) is 3.59. The second-order valence-corrected chi connectivity index (χ2v) is 9.11. The molecule has 4 aromatic carbocycles. The summed E-state index contributed by atoms with van der Waals surface area (Å²) in [5.41, 5.74) is 9.33. The third kappa shape index (κ3) is 3.76. The van der Waals surface area contributed by atoms with Gasteiger partial charge in [-0.15, -0.1) is 0 Å². The Morgan fingerprint density at radius 1 is 0.694 bits per heavy atom. The molecule has 0 aliphatic heterocycles. The molecule has 0 aromatic heterocycles. The molecule has 0 saturated carbocycles. The molecule has 3 heteroatoms. The zero-order valence-corrected chi connectivity index (χ0v) is 20.6. The topological polar surface area (TPSA) is 50.8 Å². The molecule has 1 aliphatic rings. The van der Waals surface area contributed by atoms with E-state index < -0.39 is 0 Å². The number of allylic oxidation sites excluding steroid dienone is 1. The highest BCUT2D eigenvalue weighted by Crippen LogP contribution is 2.54. The Bertz CT molecular complexity index is 1460. The van der Waals surface area contributed by atoms with Crippen molar-refractivity contribution in [2.75, 3.05) is 4.90 Å². The smallest absolute Gasteiger partial charge is 0.130 e. The monoisotopic (exact) mass is 465 g/mol. The van der Waals surface area contributed by atoms with E-state index in [-0.39, 0.29) is 11.0 Å². The Hall–Kier alpha value is -4.60. The number of nitriles is 2. The third-order valence-corrected chi connectivity index (χ3v) is 7.41. The van der Waals surface area contributed by atoms with E-state index in [1.54, 1.807) is 6.08 Å². The molecule has 3 nitrogen and oxygen atoms in total. The quantitative estimate of drug-likeness (QED) is 0.268. The number of anilines is 3. The van der Waals surface area contributed by atoms with Gasteiger partial charge in [-0.25, -0.2) is 0 Å². The van der Waals surface area contributed by atoms with Crippen LogP contribution in [-0.2, 0) is 5.41 Å². The van der Waals surface area contributed by atoms with E-state index in [1.165, 1.54) is 22.3 Å². The van der Waals surface area contributed by atoms with Crippen LogP contribution < -0.4 is 4.90 Å². The van der Waals surface area contributed by atoms with Crippen molar-refractivity contribution in [3.63, 3.8) is 0 Å². The van der Waals surface area contributed by atoms with E-state index in [4.69, 9.17) is 0 Å².